The molecule has 19 heavy (non-hydrogen) atoms. The number of ether oxygens (including phenoxy) is 1. The van der Waals surface area contributed by atoms with E-state index in [0.717, 1.165) is 7.11 Å². The van der Waals surface area contributed by atoms with E-state index >= 15 is 0 Å². The molecule has 3 nitrogen and oxygen atoms in total. The zero-order valence-electron chi connectivity index (χ0n) is 9.58. The quantitative estimate of drug-likeness (QED) is 0.792. The Morgan fingerprint density at radius 2 is 2.05 bits per heavy atom. The average Bonchev–Trinajstić information content (AvgIpc) is 2.37. The van der Waals surface area contributed by atoms with Crippen LogP contribution in [0.3, 0.4) is 0 Å². The van der Waals surface area contributed by atoms with Crippen LogP contribution >= 0.6 is 23.2 Å². The van der Waals surface area contributed by atoms with Crippen LogP contribution in [-0.2, 0) is 15.5 Å². The molecule has 1 aromatic heterocycles. The van der Waals surface area contributed by atoms with Crippen LogP contribution in [0.15, 0.2) is 24.4 Å². The van der Waals surface area contributed by atoms with Crippen molar-refractivity contribution in [1.29, 1.82) is 0 Å². The number of fused-ring (bicyclic) bond motifs is 1. The molecule has 0 aliphatic heterocycles. The van der Waals surface area contributed by atoms with E-state index in [-0.39, 0.29) is 10.5 Å². The van der Waals surface area contributed by atoms with Crippen LogP contribution in [0.1, 0.15) is 5.56 Å². The van der Waals surface area contributed by atoms with Crippen molar-refractivity contribution in [3.63, 3.8) is 0 Å². The summed E-state index contributed by atoms with van der Waals surface area (Å²) in [6, 6.07) is 4.21. The van der Waals surface area contributed by atoms with Gasteiger partial charge in [-0.05, 0) is 12.1 Å². The molecule has 0 atom stereocenters. The summed E-state index contributed by atoms with van der Waals surface area (Å²) in [5.41, 5.74) is -0.775. The molecular weight excluding hydrogens is 299 g/mol. The summed E-state index contributed by atoms with van der Waals surface area (Å²) in [4.78, 5) is 15.0. The molecule has 2 rings (SSSR count). The van der Waals surface area contributed by atoms with E-state index in [0.29, 0.717) is 10.4 Å². The SMILES string of the molecule is COC(=O)C(F)(F)c1c(Cl)ccc2cc(Cl)cnc12. The lowest BCUT2D eigenvalue weighted by molar-refractivity contribution is -0.170. The second-order valence-corrected chi connectivity index (χ2v) is 4.56. The van der Waals surface area contributed by atoms with Gasteiger partial charge in [0.1, 0.15) is 0 Å². The first-order chi connectivity index (χ1) is 8.87. The zero-order chi connectivity index (χ0) is 14.2. The van der Waals surface area contributed by atoms with Gasteiger partial charge in [0.25, 0.3) is 0 Å². The van der Waals surface area contributed by atoms with Crippen molar-refractivity contribution in [2.75, 3.05) is 7.11 Å². The van der Waals surface area contributed by atoms with Crippen LogP contribution in [0.25, 0.3) is 10.9 Å². The number of methoxy groups -OCH3 is 1. The van der Waals surface area contributed by atoms with Crippen LogP contribution in [0.5, 0.6) is 0 Å². The monoisotopic (exact) mass is 305 g/mol. The predicted octanol–water partition coefficient (Wildman–Crippen LogP) is 3.81. The standard InChI is InChI=1S/C12H7Cl2F2NO2/c1-19-11(18)12(15,16)9-8(14)3-2-6-4-7(13)5-17-10(6)9/h2-5H,1H3. The van der Waals surface area contributed by atoms with E-state index in [4.69, 9.17) is 23.2 Å². The Morgan fingerprint density at radius 3 is 2.68 bits per heavy atom. The van der Waals surface area contributed by atoms with Gasteiger partial charge in [0.05, 0.1) is 28.2 Å². The van der Waals surface area contributed by atoms with E-state index in [9.17, 15) is 13.6 Å². The third kappa shape index (κ3) is 2.35. The maximum atomic E-state index is 14.0. The molecular formula is C12H7Cl2F2NO2. The number of hydrogen-bond acceptors (Lipinski definition) is 3. The highest BCUT2D eigenvalue weighted by Crippen LogP contribution is 2.39. The molecule has 0 saturated carbocycles. The zero-order valence-corrected chi connectivity index (χ0v) is 11.1. The van der Waals surface area contributed by atoms with Gasteiger partial charge in [-0.15, -0.1) is 0 Å². The lowest BCUT2D eigenvalue weighted by atomic mass is 10.0. The molecule has 0 amide bonds. The molecule has 7 heteroatoms. The Hall–Kier alpha value is -1.46. The summed E-state index contributed by atoms with van der Waals surface area (Å²) >= 11 is 11.5. The van der Waals surface area contributed by atoms with Crippen LogP contribution in [-0.4, -0.2) is 18.1 Å². The van der Waals surface area contributed by atoms with E-state index in [1.807, 2.05) is 0 Å². The minimum Gasteiger partial charge on any atom is -0.464 e. The van der Waals surface area contributed by atoms with Gasteiger partial charge >= 0.3 is 11.9 Å². The lowest BCUT2D eigenvalue weighted by Gasteiger charge is -2.17. The first kappa shape index (κ1) is 14.0. The highest BCUT2D eigenvalue weighted by Gasteiger charge is 2.45. The molecule has 0 saturated heterocycles. The molecule has 2 aromatic rings. The molecule has 0 aliphatic rings. The van der Waals surface area contributed by atoms with Crippen molar-refractivity contribution in [3.05, 3.63) is 40.0 Å². The number of carbonyl (C=O) groups is 1. The number of alkyl halides is 2. The third-order valence-electron chi connectivity index (χ3n) is 2.52. The van der Waals surface area contributed by atoms with Crippen molar-refractivity contribution in [1.82, 2.24) is 4.98 Å². The van der Waals surface area contributed by atoms with Crippen molar-refractivity contribution in [2.24, 2.45) is 0 Å². The van der Waals surface area contributed by atoms with Crippen molar-refractivity contribution >= 4 is 40.1 Å². The van der Waals surface area contributed by atoms with Crippen molar-refractivity contribution in [3.8, 4) is 0 Å². The normalized spacial score (nSPS) is 11.6. The summed E-state index contributed by atoms with van der Waals surface area (Å²) in [6.45, 7) is 0. The van der Waals surface area contributed by atoms with Gasteiger partial charge < -0.3 is 4.74 Å². The summed E-state index contributed by atoms with van der Waals surface area (Å²) < 4.78 is 32.1. The van der Waals surface area contributed by atoms with Gasteiger partial charge in [-0.2, -0.15) is 8.78 Å². The third-order valence-corrected chi connectivity index (χ3v) is 3.05. The fourth-order valence-electron chi connectivity index (χ4n) is 1.68. The second kappa shape index (κ2) is 4.90. The van der Waals surface area contributed by atoms with Gasteiger partial charge in [-0.1, -0.05) is 29.3 Å². The molecule has 1 heterocycles. The van der Waals surface area contributed by atoms with Crippen LogP contribution in [0.2, 0.25) is 10.0 Å². The fraction of sp³-hybridized carbons (Fsp3) is 0.167. The second-order valence-electron chi connectivity index (χ2n) is 3.71. The topological polar surface area (TPSA) is 39.2 Å². The maximum absolute atomic E-state index is 14.0. The maximum Gasteiger partial charge on any atom is 0.381 e. The van der Waals surface area contributed by atoms with Crippen LogP contribution < -0.4 is 0 Å². The largest absolute Gasteiger partial charge is 0.464 e. The number of rotatable bonds is 2. The number of nitrogens with zero attached hydrogens (tertiary/aromatic N) is 1. The summed E-state index contributed by atoms with van der Waals surface area (Å²) in [6.07, 6.45) is 1.21. The van der Waals surface area contributed by atoms with Crippen LogP contribution in [0.4, 0.5) is 8.78 Å². The van der Waals surface area contributed by atoms with E-state index in [1.54, 1.807) is 0 Å². The summed E-state index contributed by atoms with van der Waals surface area (Å²) in [5.74, 6) is -5.58. The minimum absolute atomic E-state index is 0.0905. The Bertz CT molecular complexity index is 661. The van der Waals surface area contributed by atoms with Gasteiger partial charge in [0.2, 0.25) is 0 Å². The molecule has 0 radical (unpaired) electrons. The number of esters is 1. The van der Waals surface area contributed by atoms with E-state index in [2.05, 4.69) is 9.72 Å². The molecule has 0 fully saturated rings. The van der Waals surface area contributed by atoms with Crippen LogP contribution in [0, 0.1) is 0 Å². The Kier molecular flexibility index (Phi) is 3.60. The van der Waals surface area contributed by atoms with Crippen molar-refractivity contribution < 1.29 is 18.3 Å². The number of halogens is 4. The van der Waals surface area contributed by atoms with Gasteiger partial charge in [0, 0.05) is 11.6 Å². The van der Waals surface area contributed by atoms with Gasteiger partial charge in [-0.3, -0.25) is 4.98 Å². The molecule has 100 valence electrons. The molecule has 0 bridgehead atoms. The first-order valence-electron chi connectivity index (χ1n) is 5.08. The number of aromatic nitrogens is 1. The summed E-state index contributed by atoms with van der Waals surface area (Å²) in [7, 11) is 0.875. The molecule has 1 aromatic carbocycles. The highest BCUT2D eigenvalue weighted by molar-refractivity contribution is 6.33. The molecule has 0 N–H and O–H groups in total. The predicted molar refractivity (Wildman–Crippen MR) is 67.7 cm³/mol. The smallest absolute Gasteiger partial charge is 0.381 e. The number of carbonyl (C=O) groups excluding carboxylic acids is 1. The first-order valence-corrected chi connectivity index (χ1v) is 5.84. The average molecular weight is 306 g/mol. The molecule has 0 aliphatic carbocycles. The summed E-state index contributed by atoms with van der Waals surface area (Å²) in [5, 5.41) is 0.385. The highest BCUT2D eigenvalue weighted by atomic mass is 35.5. The number of pyridine rings is 1. The number of benzene rings is 1. The van der Waals surface area contributed by atoms with E-state index in [1.165, 1.54) is 24.4 Å². The van der Waals surface area contributed by atoms with Crippen molar-refractivity contribution in [2.45, 2.75) is 5.92 Å². The Balaban J connectivity index is 2.78. The van der Waals surface area contributed by atoms with Gasteiger partial charge in [0.15, 0.2) is 0 Å². The minimum atomic E-state index is -3.88. The van der Waals surface area contributed by atoms with Gasteiger partial charge in [-0.25, -0.2) is 4.79 Å². The Labute approximate surface area is 117 Å². The molecule has 0 spiro atoms. The lowest BCUT2D eigenvalue weighted by Crippen LogP contribution is -2.28. The number of hydrogen-bond donors (Lipinski definition) is 0. The molecule has 0 unspecified atom stereocenters. The fourth-order valence-corrected chi connectivity index (χ4v) is 2.12. The Morgan fingerprint density at radius 1 is 1.37 bits per heavy atom. The van der Waals surface area contributed by atoms with E-state index < -0.39 is 17.5 Å².